The molecule has 2 aromatic carbocycles. The van der Waals surface area contributed by atoms with Crippen molar-refractivity contribution in [3.63, 3.8) is 0 Å². The highest BCUT2D eigenvalue weighted by Gasteiger charge is 2.06. The molecule has 0 radical (unpaired) electrons. The highest BCUT2D eigenvalue weighted by atomic mass is 16.5. The van der Waals surface area contributed by atoms with Crippen molar-refractivity contribution in [2.75, 3.05) is 20.3 Å². The van der Waals surface area contributed by atoms with Crippen molar-refractivity contribution in [3.8, 4) is 5.75 Å². The highest BCUT2D eigenvalue weighted by molar-refractivity contribution is 5.94. The first-order chi connectivity index (χ1) is 11.7. The molecule has 0 aliphatic rings. The quantitative estimate of drug-likeness (QED) is 0.782. The third-order valence-corrected chi connectivity index (χ3v) is 3.21. The summed E-state index contributed by atoms with van der Waals surface area (Å²) in [5, 5.41) is 2.80. The number of rotatable bonds is 7. The third-order valence-electron chi connectivity index (χ3n) is 3.21. The van der Waals surface area contributed by atoms with Gasteiger partial charge in [-0.05, 0) is 36.8 Å². The van der Waals surface area contributed by atoms with Crippen molar-refractivity contribution in [2.45, 2.75) is 27.4 Å². The second-order valence-corrected chi connectivity index (χ2v) is 5.05. The van der Waals surface area contributed by atoms with Gasteiger partial charge in [0.25, 0.3) is 5.91 Å². The van der Waals surface area contributed by atoms with E-state index in [2.05, 4.69) is 5.32 Å². The first-order valence-electron chi connectivity index (χ1n) is 8.24. The minimum absolute atomic E-state index is 0.103. The van der Waals surface area contributed by atoms with Gasteiger partial charge in [0.2, 0.25) is 0 Å². The van der Waals surface area contributed by atoms with E-state index in [1.807, 2.05) is 63.2 Å². The van der Waals surface area contributed by atoms with Crippen LogP contribution in [0.15, 0.2) is 48.5 Å². The normalized spacial score (nSPS) is 9.67. The van der Waals surface area contributed by atoms with Gasteiger partial charge >= 0.3 is 0 Å². The summed E-state index contributed by atoms with van der Waals surface area (Å²) < 4.78 is 10.6. The second-order valence-electron chi connectivity index (χ2n) is 5.05. The molecule has 2 rings (SSSR count). The van der Waals surface area contributed by atoms with E-state index in [0.29, 0.717) is 25.3 Å². The smallest absolute Gasteiger partial charge is 0.251 e. The Morgan fingerprint density at radius 1 is 1.08 bits per heavy atom. The summed E-state index contributed by atoms with van der Waals surface area (Å²) in [7, 11) is 1.61. The van der Waals surface area contributed by atoms with E-state index in [9.17, 15) is 4.79 Å². The van der Waals surface area contributed by atoms with E-state index in [0.717, 1.165) is 11.3 Å². The van der Waals surface area contributed by atoms with Crippen LogP contribution in [0.3, 0.4) is 0 Å². The number of benzene rings is 2. The summed E-state index contributed by atoms with van der Waals surface area (Å²) in [6, 6.07) is 15.3. The Kier molecular flexibility index (Phi) is 9.24. The maximum Gasteiger partial charge on any atom is 0.251 e. The molecule has 0 aliphatic heterocycles. The van der Waals surface area contributed by atoms with Gasteiger partial charge in [-0.1, -0.05) is 43.7 Å². The van der Waals surface area contributed by atoms with Crippen molar-refractivity contribution in [1.29, 1.82) is 0 Å². The van der Waals surface area contributed by atoms with Crippen LogP contribution in [-0.2, 0) is 11.3 Å². The minimum atomic E-state index is -0.103. The zero-order valence-corrected chi connectivity index (χ0v) is 15.0. The SMILES string of the molecule is CC.COCCNC(=O)c1cccc(COc2ccc(C)cc2)c1. The van der Waals surface area contributed by atoms with E-state index in [1.54, 1.807) is 13.2 Å². The summed E-state index contributed by atoms with van der Waals surface area (Å²) in [6.45, 7) is 7.47. The van der Waals surface area contributed by atoms with Crippen molar-refractivity contribution in [2.24, 2.45) is 0 Å². The van der Waals surface area contributed by atoms with Gasteiger partial charge in [0.05, 0.1) is 6.61 Å². The molecule has 24 heavy (non-hydrogen) atoms. The molecule has 0 bridgehead atoms. The first kappa shape index (κ1) is 19.7. The zero-order valence-electron chi connectivity index (χ0n) is 15.0. The second kappa shape index (κ2) is 11.2. The molecule has 0 unspecified atom stereocenters. The Hall–Kier alpha value is -2.33. The summed E-state index contributed by atoms with van der Waals surface area (Å²) in [4.78, 5) is 12.0. The fraction of sp³-hybridized carbons (Fsp3) is 0.350. The number of carbonyl (C=O) groups excluding carboxylic acids is 1. The predicted molar refractivity (Wildman–Crippen MR) is 97.5 cm³/mol. The molecule has 1 N–H and O–H groups in total. The lowest BCUT2D eigenvalue weighted by atomic mass is 10.1. The van der Waals surface area contributed by atoms with Crippen molar-refractivity contribution >= 4 is 5.91 Å². The van der Waals surface area contributed by atoms with Crippen LogP contribution in [0, 0.1) is 6.92 Å². The lowest BCUT2D eigenvalue weighted by Gasteiger charge is -2.09. The average molecular weight is 329 g/mol. The lowest BCUT2D eigenvalue weighted by Crippen LogP contribution is -2.26. The standard InChI is InChI=1S/C18H21NO3.C2H6/c1-14-6-8-17(9-7-14)22-13-15-4-3-5-16(12-15)18(20)19-10-11-21-2;1-2/h3-9,12H,10-11,13H2,1-2H3,(H,19,20);1-2H3. The number of hydrogen-bond donors (Lipinski definition) is 1. The van der Waals surface area contributed by atoms with E-state index in [1.165, 1.54) is 5.56 Å². The molecule has 0 saturated heterocycles. The van der Waals surface area contributed by atoms with E-state index in [-0.39, 0.29) is 5.91 Å². The van der Waals surface area contributed by atoms with Gasteiger partial charge in [0.15, 0.2) is 0 Å². The zero-order chi connectivity index (χ0) is 17.8. The van der Waals surface area contributed by atoms with Crippen molar-refractivity contribution < 1.29 is 14.3 Å². The molecule has 0 heterocycles. The first-order valence-corrected chi connectivity index (χ1v) is 8.24. The molecule has 0 aliphatic carbocycles. The lowest BCUT2D eigenvalue weighted by molar-refractivity contribution is 0.0937. The topological polar surface area (TPSA) is 47.6 Å². The Labute approximate surface area is 144 Å². The van der Waals surface area contributed by atoms with Gasteiger partial charge in [-0.2, -0.15) is 0 Å². The minimum Gasteiger partial charge on any atom is -0.489 e. The number of hydrogen-bond acceptors (Lipinski definition) is 3. The maximum absolute atomic E-state index is 12.0. The van der Waals surface area contributed by atoms with Crippen molar-refractivity contribution in [1.82, 2.24) is 5.32 Å². The fourth-order valence-electron chi connectivity index (χ4n) is 1.97. The molecule has 1 amide bonds. The molecular formula is C20H27NO3. The number of methoxy groups -OCH3 is 1. The van der Waals surface area contributed by atoms with E-state index >= 15 is 0 Å². The monoisotopic (exact) mass is 329 g/mol. The van der Waals surface area contributed by atoms with Crippen LogP contribution in [0.25, 0.3) is 0 Å². The molecule has 4 nitrogen and oxygen atoms in total. The largest absolute Gasteiger partial charge is 0.489 e. The fourth-order valence-corrected chi connectivity index (χ4v) is 1.97. The van der Waals surface area contributed by atoms with E-state index < -0.39 is 0 Å². The Morgan fingerprint density at radius 2 is 1.79 bits per heavy atom. The van der Waals surface area contributed by atoms with Crippen molar-refractivity contribution in [3.05, 3.63) is 65.2 Å². The van der Waals surface area contributed by atoms with Gasteiger partial charge in [-0.3, -0.25) is 4.79 Å². The van der Waals surface area contributed by atoms with Gasteiger partial charge in [0, 0.05) is 19.2 Å². The van der Waals surface area contributed by atoms with Gasteiger partial charge in [-0.15, -0.1) is 0 Å². The average Bonchev–Trinajstić information content (AvgIpc) is 2.63. The van der Waals surface area contributed by atoms with E-state index in [4.69, 9.17) is 9.47 Å². The molecule has 0 fully saturated rings. The predicted octanol–water partition coefficient (Wildman–Crippen LogP) is 3.98. The van der Waals surface area contributed by atoms with Gasteiger partial charge in [-0.25, -0.2) is 0 Å². The van der Waals surface area contributed by atoms with Gasteiger partial charge < -0.3 is 14.8 Å². The van der Waals surface area contributed by atoms with Crippen LogP contribution in [-0.4, -0.2) is 26.2 Å². The molecule has 0 aromatic heterocycles. The molecule has 0 spiro atoms. The summed E-state index contributed by atoms with van der Waals surface area (Å²) in [6.07, 6.45) is 0. The summed E-state index contributed by atoms with van der Waals surface area (Å²) in [5.41, 5.74) is 2.78. The van der Waals surface area contributed by atoms with Crippen LogP contribution < -0.4 is 10.1 Å². The van der Waals surface area contributed by atoms with Crippen LogP contribution in [0.1, 0.15) is 35.3 Å². The van der Waals surface area contributed by atoms with Gasteiger partial charge in [0.1, 0.15) is 12.4 Å². The molecule has 130 valence electrons. The van der Waals surface area contributed by atoms with Crippen LogP contribution in [0.4, 0.5) is 0 Å². The van der Waals surface area contributed by atoms with Crippen LogP contribution in [0.2, 0.25) is 0 Å². The third kappa shape index (κ3) is 6.84. The van der Waals surface area contributed by atoms with Crippen LogP contribution >= 0.6 is 0 Å². The Balaban J connectivity index is 0.00000139. The van der Waals surface area contributed by atoms with Crippen LogP contribution in [0.5, 0.6) is 5.75 Å². The molecule has 4 heteroatoms. The molecule has 0 atom stereocenters. The molecular weight excluding hydrogens is 302 g/mol. The number of aryl methyl sites for hydroxylation is 1. The Bertz CT molecular complexity index is 609. The Morgan fingerprint density at radius 3 is 2.46 bits per heavy atom. The number of carbonyl (C=O) groups is 1. The molecule has 0 saturated carbocycles. The number of nitrogens with one attached hydrogen (secondary N) is 1. The highest BCUT2D eigenvalue weighted by Crippen LogP contribution is 2.14. The molecule has 2 aromatic rings. The summed E-state index contributed by atoms with van der Waals surface area (Å²) in [5.74, 6) is 0.717. The number of ether oxygens (including phenoxy) is 2. The summed E-state index contributed by atoms with van der Waals surface area (Å²) >= 11 is 0. The maximum atomic E-state index is 12.0. The number of amides is 1.